The van der Waals surface area contributed by atoms with Gasteiger partial charge in [-0.25, -0.2) is 0 Å². The van der Waals surface area contributed by atoms with Crippen LogP contribution in [-0.2, 0) is 12.8 Å². The first-order valence-corrected chi connectivity index (χ1v) is 8.78. The summed E-state index contributed by atoms with van der Waals surface area (Å²) < 4.78 is 0. The van der Waals surface area contributed by atoms with E-state index in [0.717, 1.165) is 37.2 Å². The number of hydrogen-bond donors (Lipinski definition) is 1. The monoisotopic (exact) mass is 292 g/mol. The molecule has 0 radical (unpaired) electrons. The van der Waals surface area contributed by atoms with Gasteiger partial charge in [-0.15, -0.1) is 11.3 Å². The van der Waals surface area contributed by atoms with Gasteiger partial charge in [0.25, 0.3) is 5.91 Å². The first-order valence-electron chi connectivity index (χ1n) is 7.90. The van der Waals surface area contributed by atoms with Gasteiger partial charge >= 0.3 is 0 Å². The highest BCUT2D eigenvalue weighted by molar-refractivity contribution is 7.12. The lowest BCUT2D eigenvalue weighted by Crippen LogP contribution is -2.47. The summed E-state index contributed by atoms with van der Waals surface area (Å²) in [7, 11) is 0. The normalized spacial score (nSPS) is 23.4. The summed E-state index contributed by atoms with van der Waals surface area (Å²) >= 11 is 1.64. The number of thiophene rings is 1. The Bertz CT molecular complexity index is 483. The molecule has 1 fully saturated rings. The van der Waals surface area contributed by atoms with Crippen LogP contribution in [0, 0.1) is 0 Å². The molecule has 2 heterocycles. The molecule has 4 heteroatoms. The second-order valence-corrected chi connectivity index (χ2v) is 6.86. The highest BCUT2D eigenvalue weighted by Crippen LogP contribution is 2.29. The molecule has 0 bridgehead atoms. The average molecular weight is 292 g/mol. The minimum Gasteiger partial charge on any atom is -0.347 e. The lowest BCUT2D eigenvalue weighted by Gasteiger charge is -2.32. The van der Waals surface area contributed by atoms with Crippen molar-refractivity contribution in [3.05, 3.63) is 21.4 Å². The molecule has 1 aliphatic heterocycles. The molecule has 0 unspecified atom stereocenters. The first-order chi connectivity index (χ1) is 9.78. The van der Waals surface area contributed by atoms with E-state index in [2.05, 4.69) is 22.5 Å². The van der Waals surface area contributed by atoms with E-state index >= 15 is 0 Å². The zero-order valence-corrected chi connectivity index (χ0v) is 13.1. The minimum absolute atomic E-state index is 0.168. The van der Waals surface area contributed by atoms with Gasteiger partial charge in [0.1, 0.15) is 0 Å². The summed E-state index contributed by atoms with van der Waals surface area (Å²) in [4.78, 5) is 15.9. The van der Waals surface area contributed by atoms with Crippen LogP contribution in [0.4, 0.5) is 0 Å². The van der Waals surface area contributed by atoms with Crippen LogP contribution in [0.2, 0.25) is 0 Å². The largest absolute Gasteiger partial charge is 0.347 e. The van der Waals surface area contributed by atoms with Gasteiger partial charge in [0, 0.05) is 12.6 Å². The Labute approximate surface area is 125 Å². The summed E-state index contributed by atoms with van der Waals surface area (Å²) in [5.74, 6) is 0.168. The molecular formula is C16H24N2OS. The lowest BCUT2D eigenvalue weighted by molar-refractivity contribution is 0.0909. The zero-order chi connectivity index (χ0) is 13.9. The number of nitrogens with zero attached hydrogens (tertiary/aromatic N) is 1. The van der Waals surface area contributed by atoms with Gasteiger partial charge in [-0.2, -0.15) is 0 Å². The van der Waals surface area contributed by atoms with Gasteiger partial charge in [0.2, 0.25) is 0 Å². The summed E-state index contributed by atoms with van der Waals surface area (Å²) in [6.07, 6.45) is 7.08. The number of aryl methyl sites for hydroxylation is 1. The van der Waals surface area contributed by atoms with Crippen LogP contribution in [0.15, 0.2) is 5.38 Å². The maximum atomic E-state index is 12.5. The Kier molecular flexibility index (Phi) is 4.41. The van der Waals surface area contributed by atoms with Gasteiger partial charge in [0.15, 0.2) is 0 Å². The molecule has 1 atom stereocenters. The first kappa shape index (κ1) is 14.1. The topological polar surface area (TPSA) is 32.3 Å². The SMILES string of the molecule is CCN1CCC[C@@H](NC(=O)c2scc3c2CCCC3)C1. The summed E-state index contributed by atoms with van der Waals surface area (Å²) in [5.41, 5.74) is 2.76. The lowest BCUT2D eigenvalue weighted by atomic mass is 9.93. The number of fused-ring (bicyclic) bond motifs is 1. The van der Waals surface area contributed by atoms with E-state index in [4.69, 9.17) is 0 Å². The molecule has 0 spiro atoms. The quantitative estimate of drug-likeness (QED) is 0.929. The molecule has 1 saturated heterocycles. The number of piperidine rings is 1. The Morgan fingerprint density at radius 1 is 1.40 bits per heavy atom. The van der Waals surface area contributed by atoms with Gasteiger partial charge in [-0.05, 0) is 68.1 Å². The fraction of sp³-hybridized carbons (Fsp3) is 0.688. The van der Waals surface area contributed by atoms with Crippen molar-refractivity contribution in [1.82, 2.24) is 10.2 Å². The number of carbonyl (C=O) groups excluding carboxylic acids is 1. The third kappa shape index (κ3) is 2.91. The number of rotatable bonds is 3. The van der Waals surface area contributed by atoms with Crippen LogP contribution in [0.25, 0.3) is 0 Å². The molecule has 1 N–H and O–H groups in total. The van der Waals surface area contributed by atoms with Crippen molar-refractivity contribution in [3.8, 4) is 0 Å². The predicted octanol–water partition coefficient (Wildman–Crippen LogP) is 2.84. The predicted molar refractivity (Wildman–Crippen MR) is 83.6 cm³/mol. The Morgan fingerprint density at radius 2 is 2.25 bits per heavy atom. The molecule has 3 rings (SSSR count). The summed E-state index contributed by atoms with van der Waals surface area (Å²) in [5, 5.41) is 5.46. The van der Waals surface area contributed by atoms with Gasteiger partial charge in [0.05, 0.1) is 4.88 Å². The third-order valence-electron chi connectivity index (χ3n) is 4.60. The van der Waals surface area contributed by atoms with E-state index in [9.17, 15) is 4.79 Å². The molecule has 1 aromatic rings. The van der Waals surface area contributed by atoms with Gasteiger partial charge in [-0.3, -0.25) is 4.79 Å². The Hall–Kier alpha value is -0.870. The number of likely N-dealkylation sites (tertiary alicyclic amines) is 1. The number of hydrogen-bond acceptors (Lipinski definition) is 3. The number of carbonyl (C=O) groups is 1. The Morgan fingerprint density at radius 3 is 3.10 bits per heavy atom. The van der Waals surface area contributed by atoms with Gasteiger partial charge in [-0.1, -0.05) is 6.92 Å². The maximum absolute atomic E-state index is 12.5. The molecule has 0 aromatic carbocycles. The van der Waals surface area contributed by atoms with Crippen molar-refractivity contribution >= 4 is 17.2 Å². The van der Waals surface area contributed by atoms with Crippen molar-refractivity contribution in [2.45, 2.75) is 51.5 Å². The number of likely N-dealkylation sites (N-methyl/N-ethyl adjacent to an activating group) is 1. The van der Waals surface area contributed by atoms with Crippen LogP contribution < -0.4 is 5.32 Å². The molecule has 3 nitrogen and oxygen atoms in total. The molecule has 0 saturated carbocycles. The molecule has 20 heavy (non-hydrogen) atoms. The van der Waals surface area contributed by atoms with E-state index < -0.39 is 0 Å². The van der Waals surface area contributed by atoms with Crippen LogP contribution in [0.1, 0.15) is 53.4 Å². The van der Waals surface area contributed by atoms with Crippen LogP contribution in [-0.4, -0.2) is 36.5 Å². The molecule has 1 aliphatic carbocycles. The number of amides is 1. The second-order valence-electron chi connectivity index (χ2n) is 5.98. The molecule has 1 amide bonds. The van der Waals surface area contributed by atoms with Crippen molar-refractivity contribution in [1.29, 1.82) is 0 Å². The van der Waals surface area contributed by atoms with E-state index in [1.807, 2.05) is 0 Å². The van der Waals surface area contributed by atoms with E-state index in [0.29, 0.717) is 6.04 Å². The maximum Gasteiger partial charge on any atom is 0.261 e. The molecular weight excluding hydrogens is 268 g/mol. The van der Waals surface area contributed by atoms with Crippen LogP contribution in [0.5, 0.6) is 0 Å². The standard InChI is InChI=1S/C16H24N2OS/c1-2-18-9-5-7-13(10-18)17-16(19)15-14-8-4-3-6-12(14)11-20-15/h11,13H,2-10H2,1H3,(H,17,19)/t13-/m1/s1. The van der Waals surface area contributed by atoms with Gasteiger partial charge < -0.3 is 10.2 Å². The smallest absolute Gasteiger partial charge is 0.261 e. The van der Waals surface area contributed by atoms with Crippen LogP contribution in [0.3, 0.4) is 0 Å². The van der Waals surface area contributed by atoms with Crippen LogP contribution >= 0.6 is 11.3 Å². The van der Waals surface area contributed by atoms with E-state index in [1.54, 1.807) is 11.3 Å². The fourth-order valence-corrected chi connectivity index (χ4v) is 4.48. The third-order valence-corrected chi connectivity index (χ3v) is 5.67. The summed E-state index contributed by atoms with van der Waals surface area (Å²) in [6, 6.07) is 0.331. The minimum atomic E-state index is 0.168. The fourth-order valence-electron chi connectivity index (χ4n) is 3.42. The van der Waals surface area contributed by atoms with E-state index in [1.165, 1.54) is 36.9 Å². The average Bonchev–Trinajstić information content (AvgIpc) is 2.91. The highest BCUT2D eigenvalue weighted by Gasteiger charge is 2.24. The van der Waals surface area contributed by atoms with Crippen molar-refractivity contribution in [2.24, 2.45) is 0 Å². The van der Waals surface area contributed by atoms with Crippen molar-refractivity contribution < 1.29 is 4.79 Å². The highest BCUT2D eigenvalue weighted by atomic mass is 32.1. The molecule has 1 aromatic heterocycles. The summed E-state index contributed by atoms with van der Waals surface area (Å²) in [6.45, 7) is 5.47. The van der Waals surface area contributed by atoms with E-state index in [-0.39, 0.29) is 5.91 Å². The molecule has 110 valence electrons. The number of nitrogens with one attached hydrogen (secondary N) is 1. The Balaban J connectivity index is 1.66. The second kappa shape index (κ2) is 6.27. The zero-order valence-electron chi connectivity index (χ0n) is 12.3. The van der Waals surface area contributed by atoms with Crippen molar-refractivity contribution in [3.63, 3.8) is 0 Å². The van der Waals surface area contributed by atoms with Crippen molar-refractivity contribution in [2.75, 3.05) is 19.6 Å². The molecule has 2 aliphatic rings.